The molecule has 17 heavy (non-hydrogen) atoms. The average Bonchev–Trinajstić information content (AvgIpc) is 2.40. The topological polar surface area (TPSA) is 15.3 Å². The van der Waals surface area contributed by atoms with Gasteiger partial charge in [-0.25, -0.2) is 0 Å². The van der Waals surface area contributed by atoms with Crippen LogP contribution >= 0.6 is 0 Å². The molecule has 94 valence electrons. The van der Waals surface area contributed by atoms with Crippen molar-refractivity contribution < 1.29 is 0 Å². The zero-order valence-corrected chi connectivity index (χ0v) is 11.1. The molecule has 2 rings (SSSR count). The second kappa shape index (κ2) is 5.95. The molecule has 1 saturated heterocycles. The van der Waals surface area contributed by atoms with Crippen LogP contribution in [-0.2, 0) is 0 Å². The van der Waals surface area contributed by atoms with Crippen LogP contribution in [0.5, 0.6) is 0 Å². The van der Waals surface area contributed by atoms with E-state index < -0.39 is 0 Å². The lowest BCUT2D eigenvalue weighted by atomic mass is 10.1. The molecule has 0 spiro atoms. The predicted molar refractivity (Wildman–Crippen MR) is 75.9 cm³/mol. The molecule has 1 aliphatic rings. The Labute approximate surface area is 105 Å². The van der Waals surface area contributed by atoms with Gasteiger partial charge in [-0.05, 0) is 44.7 Å². The Balaban J connectivity index is 2.14. The van der Waals surface area contributed by atoms with Crippen molar-refractivity contribution in [3.63, 3.8) is 0 Å². The lowest BCUT2D eigenvalue weighted by Crippen LogP contribution is -2.30. The van der Waals surface area contributed by atoms with E-state index in [4.69, 9.17) is 0 Å². The zero-order chi connectivity index (χ0) is 12.1. The van der Waals surface area contributed by atoms with Crippen LogP contribution in [0.15, 0.2) is 24.3 Å². The lowest BCUT2D eigenvalue weighted by Gasteiger charge is -2.31. The summed E-state index contributed by atoms with van der Waals surface area (Å²) >= 11 is 0. The first-order valence-electron chi connectivity index (χ1n) is 6.91. The van der Waals surface area contributed by atoms with Gasteiger partial charge < -0.3 is 10.2 Å². The van der Waals surface area contributed by atoms with E-state index in [1.165, 1.54) is 43.7 Å². The Kier molecular flexibility index (Phi) is 4.29. The van der Waals surface area contributed by atoms with Gasteiger partial charge in [-0.15, -0.1) is 0 Å². The maximum absolute atomic E-state index is 3.62. The van der Waals surface area contributed by atoms with E-state index in [-0.39, 0.29) is 0 Å². The summed E-state index contributed by atoms with van der Waals surface area (Å²) in [7, 11) is 0. The molecular weight excluding hydrogens is 208 g/mol. The molecule has 1 N–H and O–H groups in total. The van der Waals surface area contributed by atoms with Crippen LogP contribution in [0.3, 0.4) is 0 Å². The first kappa shape index (κ1) is 12.3. The summed E-state index contributed by atoms with van der Waals surface area (Å²) < 4.78 is 0. The number of hydrogen-bond acceptors (Lipinski definition) is 2. The zero-order valence-electron chi connectivity index (χ0n) is 11.1. The monoisotopic (exact) mass is 232 g/mol. The molecule has 1 heterocycles. The summed E-state index contributed by atoms with van der Waals surface area (Å²) in [5.41, 5.74) is 2.68. The highest BCUT2D eigenvalue weighted by atomic mass is 15.1. The summed E-state index contributed by atoms with van der Waals surface area (Å²) in [6.45, 7) is 6.88. The molecule has 0 radical (unpaired) electrons. The molecule has 0 bridgehead atoms. The molecule has 1 aliphatic heterocycles. The van der Waals surface area contributed by atoms with Gasteiger partial charge in [0.1, 0.15) is 0 Å². The fourth-order valence-corrected chi connectivity index (χ4v) is 2.37. The van der Waals surface area contributed by atoms with Crippen molar-refractivity contribution in [1.29, 1.82) is 0 Å². The largest absolute Gasteiger partial charge is 0.381 e. The fourth-order valence-electron chi connectivity index (χ4n) is 2.37. The number of rotatable bonds is 4. The highest BCUT2D eigenvalue weighted by molar-refractivity contribution is 5.70. The molecule has 0 saturated carbocycles. The van der Waals surface area contributed by atoms with Gasteiger partial charge in [-0.3, -0.25) is 0 Å². The number of anilines is 2. The van der Waals surface area contributed by atoms with Crippen molar-refractivity contribution in [3.05, 3.63) is 24.3 Å². The standard InChI is InChI=1S/C15H24N2/c1-3-13(2)16-14-9-5-6-10-15(14)17-11-7-4-8-12-17/h5-6,9-10,13,16H,3-4,7-8,11-12H2,1-2H3. The number of para-hydroxylation sites is 2. The van der Waals surface area contributed by atoms with Gasteiger partial charge >= 0.3 is 0 Å². The highest BCUT2D eigenvalue weighted by Gasteiger charge is 2.14. The summed E-state index contributed by atoms with van der Waals surface area (Å²) in [4.78, 5) is 2.52. The third-order valence-electron chi connectivity index (χ3n) is 3.62. The second-order valence-electron chi connectivity index (χ2n) is 5.02. The maximum atomic E-state index is 3.62. The van der Waals surface area contributed by atoms with Crippen LogP contribution in [0.2, 0.25) is 0 Å². The molecule has 2 heteroatoms. The maximum Gasteiger partial charge on any atom is 0.0602 e. The quantitative estimate of drug-likeness (QED) is 0.847. The molecule has 1 atom stereocenters. The number of hydrogen-bond donors (Lipinski definition) is 1. The van der Waals surface area contributed by atoms with Crippen molar-refractivity contribution >= 4 is 11.4 Å². The minimum absolute atomic E-state index is 0.543. The van der Waals surface area contributed by atoms with Crippen molar-refractivity contribution in [3.8, 4) is 0 Å². The van der Waals surface area contributed by atoms with Crippen LogP contribution in [-0.4, -0.2) is 19.1 Å². The Morgan fingerprint density at radius 1 is 1.18 bits per heavy atom. The Bertz CT molecular complexity index is 343. The number of benzene rings is 1. The number of nitrogens with one attached hydrogen (secondary N) is 1. The van der Waals surface area contributed by atoms with Crippen molar-refractivity contribution in [2.75, 3.05) is 23.3 Å². The van der Waals surface area contributed by atoms with E-state index in [2.05, 4.69) is 48.3 Å². The van der Waals surface area contributed by atoms with Crippen LogP contribution in [0.4, 0.5) is 11.4 Å². The summed E-state index contributed by atoms with van der Waals surface area (Å²) in [5, 5.41) is 3.62. The first-order chi connectivity index (χ1) is 8.31. The van der Waals surface area contributed by atoms with Crippen LogP contribution in [0.1, 0.15) is 39.5 Å². The Hall–Kier alpha value is -1.18. The van der Waals surface area contributed by atoms with Gasteiger partial charge in [0.15, 0.2) is 0 Å². The second-order valence-corrected chi connectivity index (χ2v) is 5.02. The molecule has 0 amide bonds. The highest BCUT2D eigenvalue weighted by Crippen LogP contribution is 2.28. The third-order valence-corrected chi connectivity index (χ3v) is 3.62. The van der Waals surface area contributed by atoms with E-state index in [1.54, 1.807) is 0 Å². The fraction of sp³-hybridized carbons (Fsp3) is 0.600. The van der Waals surface area contributed by atoms with Gasteiger partial charge in [0, 0.05) is 19.1 Å². The van der Waals surface area contributed by atoms with Crippen molar-refractivity contribution in [2.45, 2.75) is 45.6 Å². The molecule has 1 aromatic carbocycles. The summed E-state index contributed by atoms with van der Waals surface area (Å²) in [6.07, 6.45) is 5.21. The number of piperidine rings is 1. The molecule has 0 aromatic heterocycles. The smallest absolute Gasteiger partial charge is 0.0602 e. The molecule has 0 aliphatic carbocycles. The molecule has 1 fully saturated rings. The lowest BCUT2D eigenvalue weighted by molar-refractivity contribution is 0.578. The van der Waals surface area contributed by atoms with E-state index >= 15 is 0 Å². The van der Waals surface area contributed by atoms with E-state index in [1.807, 2.05) is 0 Å². The molecule has 1 aromatic rings. The average molecular weight is 232 g/mol. The third kappa shape index (κ3) is 3.15. The van der Waals surface area contributed by atoms with Gasteiger partial charge in [0.05, 0.1) is 11.4 Å². The van der Waals surface area contributed by atoms with Gasteiger partial charge in [0.2, 0.25) is 0 Å². The minimum atomic E-state index is 0.543. The summed E-state index contributed by atoms with van der Waals surface area (Å²) in [6, 6.07) is 9.26. The van der Waals surface area contributed by atoms with E-state index in [0.717, 1.165) is 6.42 Å². The first-order valence-corrected chi connectivity index (χ1v) is 6.91. The summed E-state index contributed by atoms with van der Waals surface area (Å²) in [5.74, 6) is 0. The minimum Gasteiger partial charge on any atom is -0.381 e. The van der Waals surface area contributed by atoms with E-state index in [0.29, 0.717) is 6.04 Å². The normalized spacial score (nSPS) is 17.9. The molecular formula is C15H24N2. The number of nitrogens with zero attached hydrogens (tertiary/aromatic N) is 1. The molecule has 1 unspecified atom stereocenters. The van der Waals surface area contributed by atoms with Gasteiger partial charge in [-0.2, -0.15) is 0 Å². The van der Waals surface area contributed by atoms with E-state index in [9.17, 15) is 0 Å². The molecule has 2 nitrogen and oxygen atoms in total. The SMILES string of the molecule is CCC(C)Nc1ccccc1N1CCCCC1. The Morgan fingerprint density at radius 2 is 1.88 bits per heavy atom. The Morgan fingerprint density at radius 3 is 2.59 bits per heavy atom. The van der Waals surface area contributed by atoms with Crippen LogP contribution < -0.4 is 10.2 Å². The van der Waals surface area contributed by atoms with Crippen LogP contribution in [0.25, 0.3) is 0 Å². The van der Waals surface area contributed by atoms with Crippen molar-refractivity contribution in [1.82, 2.24) is 0 Å². The predicted octanol–water partition coefficient (Wildman–Crippen LogP) is 3.89. The van der Waals surface area contributed by atoms with Gasteiger partial charge in [-0.1, -0.05) is 19.1 Å². The van der Waals surface area contributed by atoms with Gasteiger partial charge in [0.25, 0.3) is 0 Å². The van der Waals surface area contributed by atoms with Crippen molar-refractivity contribution in [2.24, 2.45) is 0 Å². The van der Waals surface area contributed by atoms with Crippen LogP contribution in [0, 0.1) is 0 Å².